The number of nitrogens with one attached hydrogen (secondary N) is 4. The highest BCUT2D eigenvalue weighted by Crippen LogP contribution is 2.42. The van der Waals surface area contributed by atoms with Crippen LogP contribution in [0.5, 0.6) is 0 Å². The quantitative estimate of drug-likeness (QED) is 0.0372. The fourth-order valence-electron chi connectivity index (χ4n) is 5.13. The predicted octanol–water partition coefficient (Wildman–Crippen LogP) is 4.18. The summed E-state index contributed by atoms with van der Waals surface area (Å²) in [6.45, 7) is 4.96. The number of benzene rings is 2. The second-order valence-corrected chi connectivity index (χ2v) is 11.3. The summed E-state index contributed by atoms with van der Waals surface area (Å²) in [5, 5.41) is 36.5. The first-order chi connectivity index (χ1) is 21.8. The average Bonchev–Trinajstić information content (AvgIpc) is 3.35. The largest absolute Gasteiger partial charge is 0.370 e. The molecule has 0 radical (unpaired) electrons. The van der Waals surface area contributed by atoms with Crippen molar-refractivity contribution in [2.75, 3.05) is 13.1 Å². The number of guanidine groups is 1. The summed E-state index contributed by atoms with van der Waals surface area (Å²) < 4.78 is 16.7. The Morgan fingerprint density at radius 3 is 2.43 bits per heavy atom. The van der Waals surface area contributed by atoms with Gasteiger partial charge in [0.05, 0.1) is 15.5 Å². The molecule has 2 aromatic carbocycles. The molecule has 0 saturated heterocycles. The summed E-state index contributed by atoms with van der Waals surface area (Å²) >= 11 is 6.12. The van der Waals surface area contributed by atoms with Gasteiger partial charge in [-0.25, -0.2) is 9.18 Å². The number of rotatable bonds is 14. The highest BCUT2D eigenvalue weighted by atomic mass is 35.5. The van der Waals surface area contributed by atoms with Gasteiger partial charge < -0.3 is 27.1 Å². The zero-order valence-electron chi connectivity index (χ0n) is 25.1. The van der Waals surface area contributed by atoms with E-state index < -0.39 is 37.8 Å². The third-order valence-corrected chi connectivity index (χ3v) is 7.80. The number of hydrogen-bond acceptors (Lipinski definition) is 9. The molecule has 0 aliphatic rings. The Balaban J connectivity index is 1.72. The Kier molecular flexibility index (Phi) is 10.7. The van der Waals surface area contributed by atoms with Crippen LogP contribution in [0.25, 0.3) is 28.0 Å². The van der Waals surface area contributed by atoms with Crippen molar-refractivity contribution in [2.24, 2.45) is 11.5 Å². The summed E-state index contributed by atoms with van der Waals surface area (Å²) in [6, 6.07) is 7.89. The minimum absolute atomic E-state index is 0.0379. The Labute approximate surface area is 267 Å². The van der Waals surface area contributed by atoms with Crippen molar-refractivity contribution < 1.29 is 14.2 Å². The number of nitrogens with zero attached hydrogens (tertiary/aromatic N) is 4. The zero-order chi connectivity index (χ0) is 33.7. The van der Waals surface area contributed by atoms with Gasteiger partial charge in [0.15, 0.2) is 22.4 Å². The summed E-state index contributed by atoms with van der Waals surface area (Å²) in [5.74, 6) is -1.31. The maximum atomic E-state index is 15.6. The van der Waals surface area contributed by atoms with Crippen molar-refractivity contribution in [3.05, 3.63) is 89.2 Å². The first kappa shape index (κ1) is 34.0. The molecule has 0 unspecified atom stereocenters. The molecule has 2 atom stereocenters. The van der Waals surface area contributed by atoms with E-state index in [4.69, 9.17) is 28.5 Å². The van der Waals surface area contributed by atoms with Crippen molar-refractivity contribution in [3.63, 3.8) is 0 Å². The molecule has 15 nitrogen and oxygen atoms in total. The van der Waals surface area contributed by atoms with Gasteiger partial charge in [-0.3, -0.25) is 30.2 Å². The highest BCUT2D eigenvalue weighted by molar-refractivity contribution is 6.33. The molecule has 2 aromatic heterocycles. The lowest BCUT2D eigenvalue weighted by molar-refractivity contribution is -0.385. The number of nitro benzene ring substituents is 1. The number of H-pyrrole nitrogens is 1. The molecule has 0 aliphatic carbocycles. The standard InChI is InChI=1S/C29H34ClFN10O5/c1-15(32)5-3-6-18-13-20(23(31)22(30)25(18)40(43)44)24-26(41(45)46)21-14-39(29(42)38-27(21)37-24)19-9-7-17(8-10-19)16(2)35-11-4-12-36-28(33)34/h7-10,13-16,35H,3-6,11-12,32H2,1-2H3,(H4,33,34,36)(H,37,38,42)/t15-,16-/m0/s1. The van der Waals surface area contributed by atoms with Gasteiger partial charge in [0.1, 0.15) is 11.1 Å². The molecular weight excluding hydrogens is 623 g/mol. The minimum Gasteiger partial charge on any atom is -0.370 e. The number of nitrogens with two attached hydrogens (primary N) is 2. The number of aromatic nitrogens is 3. The van der Waals surface area contributed by atoms with Gasteiger partial charge in [0, 0.05) is 36.0 Å². The fraction of sp³-hybridized carbons (Fsp3) is 0.345. The average molecular weight is 657 g/mol. The summed E-state index contributed by atoms with van der Waals surface area (Å²) in [5.41, 5.74) is 9.67. The van der Waals surface area contributed by atoms with E-state index >= 15 is 4.39 Å². The van der Waals surface area contributed by atoms with E-state index in [0.717, 1.165) is 22.6 Å². The number of aryl methyl sites for hydroxylation is 1. The normalized spacial score (nSPS) is 12.6. The SMILES string of the molecule is C[C@H](N)CCCc1cc(-c2[nH]c3nc(=O)n(-c4ccc([C@H](C)NCCCNC(=N)N)cc4)cc3c2[N+](=O)[O-])c(F)c(Cl)c1[N+](=O)[O-]. The van der Waals surface area contributed by atoms with Gasteiger partial charge in [-0.2, -0.15) is 4.98 Å². The van der Waals surface area contributed by atoms with Gasteiger partial charge in [-0.15, -0.1) is 0 Å². The maximum absolute atomic E-state index is 15.6. The van der Waals surface area contributed by atoms with Crippen LogP contribution in [0.3, 0.4) is 0 Å². The zero-order valence-corrected chi connectivity index (χ0v) is 25.9. The predicted molar refractivity (Wildman–Crippen MR) is 173 cm³/mol. The van der Waals surface area contributed by atoms with Crippen LogP contribution in [0.2, 0.25) is 5.02 Å². The first-order valence-corrected chi connectivity index (χ1v) is 14.8. The lowest BCUT2D eigenvalue weighted by atomic mass is 9.99. The van der Waals surface area contributed by atoms with Gasteiger partial charge in [-0.1, -0.05) is 23.7 Å². The molecule has 0 fully saturated rings. The molecular formula is C29H34ClFN10O5. The highest BCUT2D eigenvalue weighted by Gasteiger charge is 2.32. The van der Waals surface area contributed by atoms with Crippen LogP contribution >= 0.6 is 11.6 Å². The Morgan fingerprint density at radius 2 is 1.83 bits per heavy atom. The lowest BCUT2D eigenvalue weighted by Gasteiger charge is -2.15. The number of nitro groups is 2. The molecule has 8 N–H and O–H groups in total. The smallest absolute Gasteiger partial charge is 0.354 e. The van der Waals surface area contributed by atoms with Crippen molar-refractivity contribution in [1.82, 2.24) is 25.2 Å². The van der Waals surface area contributed by atoms with Gasteiger partial charge in [-0.05, 0) is 69.8 Å². The summed E-state index contributed by atoms with van der Waals surface area (Å²) in [4.78, 5) is 42.3. The number of fused-ring (bicyclic) bond motifs is 1. The molecule has 0 amide bonds. The molecule has 0 spiro atoms. The van der Waals surface area contributed by atoms with Crippen LogP contribution in [-0.2, 0) is 6.42 Å². The molecule has 2 heterocycles. The third kappa shape index (κ3) is 7.47. The second-order valence-electron chi connectivity index (χ2n) is 10.9. The van der Waals surface area contributed by atoms with E-state index in [1.807, 2.05) is 6.92 Å². The van der Waals surface area contributed by atoms with Crippen LogP contribution in [0.1, 0.15) is 50.3 Å². The van der Waals surface area contributed by atoms with Crippen molar-refractivity contribution in [2.45, 2.75) is 51.6 Å². The molecule has 4 aromatic rings. The number of hydrogen-bond donors (Lipinski definition) is 6. The van der Waals surface area contributed by atoms with Gasteiger partial charge in [0.2, 0.25) is 0 Å². The van der Waals surface area contributed by atoms with E-state index in [1.54, 1.807) is 31.2 Å². The Hall–Kier alpha value is -4.93. The van der Waals surface area contributed by atoms with Crippen LogP contribution in [0.15, 0.2) is 41.3 Å². The molecule has 4 rings (SSSR count). The van der Waals surface area contributed by atoms with Crippen LogP contribution in [0, 0.1) is 31.5 Å². The van der Waals surface area contributed by atoms with E-state index in [9.17, 15) is 25.0 Å². The van der Waals surface area contributed by atoms with E-state index in [1.165, 1.54) is 6.20 Å². The van der Waals surface area contributed by atoms with E-state index in [-0.39, 0.29) is 52.3 Å². The molecule has 244 valence electrons. The molecule has 46 heavy (non-hydrogen) atoms. The minimum atomic E-state index is -1.22. The number of halogens is 2. The molecule has 17 heteroatoms. The van der Waals surface area contributed by atoms with Crippen molar-refractivity contribution in [3.8, 4) is 16.9 Å². The van der Waals surface area contributed by atoms with Crippen molar-refractivity contribution in [1.29, 1.82) is 5.41 Å². The van der Waals surface area contributed by atoms with Gasteiger partial charge in [0.25, 0.3) is 5.69 Å². The summed E-state index contributed by atoms with van der Waals surface area (Å²) in [6.07, 6.45) is 3.08. The second kappa shape index (κ2) is 14.4. The van der Waals surface area contributed by atoms with E-state index in [2.05, 4.69) is 20.6 Å². The third-order valence-electron chi connectivity index (χ3n) is 7.45. The topological polar surface area (TPSA) is 237 Å². The fourth-order valence-corrected chi connectivity index (χ4v) is 5.42. The Morgan fingerprint density at radius 1 is 1.15 bits per heavy atom. The molecule has 0 bridgehead atoms. The maximum Gasteiger partial charge on any atom is 0.354 e. The molecule has 0 aliphatic heterocycles. The number of aromatic amines is 1. The van der Waals surface area contributed by atoms with Crippen LogP contribution in [-0.4, -0.2) is 49.5 Å². The molecule has 0 saturated carbocycles. The Bertz CT molecular complexity index is 1840. The lowest BCUT2D eigenvalue weighted by Crippen LogP contribution is -2.32. The summed E-state index contributed by atoms with van der Waals surface area (Å²) in [7, 11) is 0. The van der Waals surface area contributed by atoms with Gasteiger partial charge >= 0.3 is 11.4 Å². The van der Waals surface area contributed by atoms with Crippen LogP contribution < -0.4 is 27.8 Å². The van der Waals surface area contributed by atoms with Crippen molar-refractivity contribution >= 4 is 40.0 Å². The monoisotopic (exact) mass is 656 g/mol. The first-order valence-electron chi connectivity index (χ1n) is 14.4. The van der Waals surface area contributed by atoms with Crippen LogP contribution in [0.4, 0.5) is 15.8 Å². The van der Waals surface area contributed by atoms with E-state index in [0.29, 0.717) is 31.6 Å².